The first-order valence-corrected chi connectivity index (χ1v) is 11.2. The molecule has 1 aliphatic heterocycles. The minimum atomic E-state index is -0.394. The van der Waals surface area contributed by atoms with Crippen molar-refractivity contribution >= 4 is 5.97 Å². The van der Waals surface area contributed by atoms with E-state index in [1.54, 1.807) is 0 Å². The molecule has 4 saturated carbocycles. The van der Waals surface area contributed by atoms with E-state index in [4.69, 9.17) is 14.2 Å². The van der Waals surface area contributed by atoms with Crippen LogP contribution in [0.1, 0.15) is 71.1 Å². The second kappa shape index (κ2) is 6.70. The van der Waals surface area contributed by atoms with Gasteiger partial charge in [0.25, 0.3) is 0 Å². The predicted octanol–water partition coefficient (Wildman–Crippen LogP) is 3.43. The zero-order chi connectivity index (χ0) is 18.6. The molecule has 5 heteroatoms. The van der Waals surface area contributed by atoms with E-state index in [9.17, 15) is 9.90 Å². The van der Waals surface area contributed by atoms with Crippen LogP contribution < -0.4 is 0 Å². The Morgan fingerprint density at radius 2 is 2.11 bits per heavy atom. The fourth-order valence-corrected chi connectivity index (χ4v) is 8.15. The molecule has 1 saturated heterocycles. The summed E-state index contributed by atoms with van der Waals surface area (Å²) in [7, 11) is 0. The molecule has 4 bridgehead atoms. The van der Waals surface area contributed by atoms with E-state index in [1.165, 1.54) is 32.1 Å². The van der Waals surface area contributed by atoms with Crippen molar-refractivity contribution in [1.29, 1.82) is 0 Å². The monoisotopic (exact) mass is 378 g/mol. The zero-order valence-electron chi connectivity index (χ0n) is 16.5. The summed E-state index contributed by atoms with van der Waals surface area (Å²) in [5.74, 6) is 2.33. The maximum absolute atomic E-state index is 12.5. The minimum Gasteiger partial charge on any atom is -0.434 e. The van der Waals surface area contributed by atoms with Crippen molar-refractivity contribution in [2.75, 3.05) is 13.2 Å². The van der Waals surface area contributed by atoms with E-state index in [0.29, 0.717) is 18.4 Å². The van der Waals surface area contributed by atoms with Gasteiger partial charge < -0.3 is 19.3 Å². The van der Waals surface area contributed by atoms with Gasteiger partial charge in [0, 0.05) is 11.8 Å². The van der Waals surface area contributed by atoms with Crippen LogP contribution in [0.5, 0.6) is 0 Å². The molecule has 5 fully saturated rings. The van der Waals surface area contributed by atoms with E-state index >= 15 is 0 Å². The van der Waals surface area contributed by atoms with Crippen LogP contribution in [0.3, 0.4) is 0 Å². The molecule has 8 atom stereocenters. The summed E-state index contributed by atoms with van der Waals surface area (Å²) in [4.78, 5) is 12.5. The number of aliphatic hydroxyl groups excluding tert-OH is 1. The van der Waals surface area contributed by atoms with Crippen LogP contribution in [-0.2, 0) is 19.0 Å². The van der Waals surface area contributed by atoms with Crippen LogP contribution in [0.4, 0.5) is 0 Å². The molecule has 27 heavy (non-hydrogen) atoms. The summed E-state index contributed by atoms with van der Waals surface area (Å²) in [6.45, 7) is 2.62. The van der Waals surface area contributed by atoms with Crippen LogP contribution in [0.2, 0.25) is 0 Å². The molecule has 5 rings (SSSR count). The molecule has 5 aliphatic rings. The van der Waals surface area contributed by atoms with E-state index in [-0.39, 0.29) is 29.7 Å². The van der Waals surface area contributed by atoms with Crippen molar-refractivity contribution in [2.45, 2.75) is 89.1 Å². The van der Waals surface area contributed by atoms with Gasteiger partial charge in [0.15, 0.2) is 0 Å². The van der Waals surface area contributed by atoms with Gasteiger partial charge in [0.1, 0.15) is 6.61 Å². The van der Waals surface area contributed by atoms with Crippen molar-refractivity contribution in [3.63, 3.8) is 0 Å². The fraction of sp³-hybridized carbons (Fsp3) is 0.955. The molecule has 0 radical (unpaired) electrons. The lowest BCUT2D eigenvalue weighted by Crippen LogP contribution is -2.57. The third-order valence-electron chi connectivity index (χ3n) is 8.58. The van der Waals surface area contributed by atoms with Gasteiger partial charge in [0.2, 0.25) is 6.29 Å². The molecule has 1 heterocycles. The second-order valence-electron chi connectivity index (χ2n) is 10.00. The highest BCUT2D eigenvalue weighted by Crippen LogP contribution is 2.76. The smallest absolute Gasteiger partial charge is 0.334 e. The molecule has 0 amide bonds. The summed E-state index contributed by atoms with van der Waals surface area (Å²) in [6, 6.07) is 0. The highest BCUT2D eigenvalue weighted by molar-refractivity contribution is 5.71. The maximum atomic E-state index is 12.5. The van der Waals surface area contributed by atoms with Gasteiger partial charge in [-0.2, -0.15) is 0 Å². The van der Waals surface area contributed by atoms with Gasteiger partial charge in [-0.05, 0) is 88.4 Å². The molecular formula is C22H34O5. The first-order valence-electron chi connectivity index (χ1n) is 11.2. The molecule has 0 aromatic rings. The Morgan fingerprint density at radius 3 is 2.89 bits per heavy atom. The molecule has 0 aromatic carbocycles. The zero-order valence-corrected chi connectivity index (χ0v) is 16.5. The number of esters is 1. The summed E-state index contributed by atoms with van der Waals surface area (Å²) >= 11 is 0. The minimum absolute atomic E-state index is 0.0356. The Morgan fingerprint density at radius 1 is 1.22 bits per heavy atom. The lowest BCUT2D eigenvalue weighted by atomic mass is 9.59. The van der Waals surface area contributed by atoms with Crippen LogP contribution in [0, 0.1) is 29.1 Å². The highest BCUT2D eigenvalue weighted by atomic mass is 16.7. The summed E-state index contributed by atoms with van der Waals surface area (Å²) in [6.07, 6.45) is 10.4. The molecule has 1 N–H and O–H groups in total. The van der Waals surface area contributed by atoms with E-state index in [2.05, 4.69) is 0 Å². The Labute approximate surface area is 162 Å². The normalized spacial score (nSPS) is 48.6. The number of fused-ring (bicyclic) bond motifs is 9. The number of carbonyl (C=O) groups is 1. The summed E-state index contributed by atoms with van der Waals surface area (Å²) in [5, 5.41) is 10.3. The molecule has 8 unspecified atom stereocenters. The first-order chi connectivity index (χ1) is 13.0. The van der Waals surface area contributed by atoms with Gasteiger partial charge in [-0.3, -0.25) is 0 Å². The van der Waals surface area contributed by atoms with Gasteiger partial charge >= 0.3 is 5.97 Å². The molecule has 152 valence electrons. The van der Waals surface area contributed by atoms with Gasteiger partial charge in [0.05, 0.1) is 18.3 Å². The van der Waals surface area contributed by atoms with Crippen molar-refractivity contribution in [1.82, 2.24) is 0 Å². The largest absolute Gasteiger partial charge is 0.434 e. The van der Waals surface area contributed by atoms with Crippen molar-refractivity contribution < 1.29 is 24.1 Å². The standard InChI is InChI=1S/C22H34O5/c1-14(23)11-21-8-7-16(12-21)20-15-5-6-17(10-15)22(20,21)26-13-18(24)27-19-4-2-3-9-25-19/h14-17,19-20,23H,2-13H2,1H3. The quantitative estimate of drug-likeness (QED) is 0.567. The van der Waals surface area contributed by atoms with Crippen molar-refractivity contribution in [3.05, 3.63) is 0 Å². The van der Waals surface area contributed by atoms with E-state index < -0.39 is 6.29 Å². The van der Waals surface area contributed by atoms with E-state index in [1.807, 2.05) is 6.92 Å². The number of aliphatic hydroxyl groups is 1. The number of carbonyl (C=O) groups excluding carboxylic acids is 1. The van der Waals surface area contributed by atoms with Crippen LogP contribution in [0.15, 0.2) is 0 Å². The van der Waals surface area contributed by atoms with Crippen LogP contribution in [0.25, 0.3) is 0 Å². The number of ether oxygens (including phenoxy) is 3. The van der Waals surface area contributed by atoms with Gasteiger partial charge in [-0.25, -0.2) is 4.79 Å². The predicted molar refractivity (Wildman–Crippen MR) is 98.8 cm³/mol. The first kappa shape index (κ1) is 18.4. The second-order valence-corrected chi connectivity index (χ2v) is 10.00. The average Bonchev–Trinajstić information content (AvgIpc) is 3.38. The SMILES string of the molecule is CC(O)CC12CCC(C1)C1C3CCC(C3)C12OCC(=O)OC1CCCCO1. The Balaban J connectivity index is 1.34. The van der Waals surface area contributed by atoms with Crippen LogP contribution in [-0.4, -0.2) is 42.3 Å². The van der Waals surface area contributed by atoms with E-state index in [0.717, 1.165) is 43.9 Å². The lowest BCUT2D eigenvalue weighted by molar-refractivity contribution is -0.218. The fourth-order valence-electron chi connectivity index (χ4n) is 8.15. The number of hydrogen-bond acceptors (Lipinski definition) is 5. The Kier molecular flexibility index (Phi) is 4.56. The molecular weight excluding hydrogens is 344 g/mol. The van der Waals surface area contributed by atoms with Crippen molar-refractivity contribution in [2.24, 2.45) is 29.1 Å². The summed E-state index contributed by atoms with van der Waals surface area (Å²) in [5.41, 5.74) is -0.153. The highest BCUT2D eigenvalue weighted by Gasteiger charge is 2.76. The molecule has 5 nitrogen and oxygen atoms in total. The molecule has 0 aromatic heterocycles. The average molecular weight is 379 g/mol. The molecule has 4 aliphatic carbocycles. The third kappa shape index (κ3) is 2.71. The topological polar surface area (TPSA) is 65.0 Å². The lowest BCUT2D eigenvalue weighted by Gasteiger charge is -2.53. The van der Waals surface area contributed by atoms with Crippen LogP contribution >= 0.6 is 0 Å². The number of hydrogen-bond donors (Lipinski definition) is 1. The van der Waals surface area contributed by atoms with Gasteiger partial charge in [-0.15, -0.1) is 0 Å². The third-order valence-corrected chi connectivity index (χ3v) is 8.58. The van der Waals surface area contributed by atoms with Crippen molar-refractivity contribution in [3.8, 4) is 0 Å². The number of rotatable bonds is 6. The van der Waals surface area contributed by atoms with Gasteiger partial charge in [-0.1, -0.05) is 0 Å². The Hall–Kier alpha value is -0.650. The maximum Gasteiger partial charge on any atom is 0.334 e. The summed E-state index contributed by atoms with van der Waals surface area (Å²) < 4.78 is 17.7. The molecule has 0 spiro atoms. The Bertz CT molecular complexity index is 585.